The van der Waals surface area contributed by atoms with E-state index in [1.165, 1.54) is 0 Å². The molecule has 0 aromatic carbocycles. The third kappa shape index (κ3) is 15.9. The van der Waals surface area contributed by atoms with Gasteiger partial charge in [0.25, 0.3) is 0 Å². The van der Waals surface area contributed by atoms with Gasteiger partial charge in [0.1, 0.15) is 0 Å². The SMILES string of the molecule is CCCCOCCOCC(O)CNCCCCCCO. The summed E-state index contributed by atoms with van der Waals surface area (Å²) >= 11 is 0. The molecule has 0 amide bonds. The lowest BCUT2D eigenvalue weighted by atomic mass is 10.2. The molecule has 20 heavy (non-hydrogen) atoms. The molecule has 0 aliphatic heterocycles. The lowest BCUT2D eigenvalue weighted by Gasteiger charge is -2.12. The molecule has 0 fully saturated rings. The van der Waals surface area contributed by atoms with Crippen molar-refractivity contribution in [3.05, 3.63) is 0 Å². The lowest BCUT2D eigenvalue weighted by molar-refractivity contribution is 0.00396. The van der Waals surface area contributed by atoms with Crippen molar-refractivity contribution >= 4 is 0 Å². The number of rotatable bonds is 16. The molecule has 0 spiro atoms. The van der Waals surface area contributed by atoms with E-state index in [4.69, 9.17) is 14.6 Å². The van der Waals surface area contributed by atoms with Gasteiger partial charge in [-0.3, -0.25) is 0 Å². The van der Waals surface area contributed by atoms with Gasteiger partial charge in [-0.2, -0.15) is 0 Å². The van der Waals surface area contributed by atoms with Crippen molar-refractivity contribution in [3.8, 4) is 0 Å². The van der Waals surface area contributed by atoms with Crippen LogP contribution in [0.1, 0.15) is 45.4 Å². The van der Waals surface area contributed by atoms with E-state index in [0.29, 0.717) is 26.4 Å². The molecule has 0 aromatic rings. The zero-order valence-electron chi connectivity index (χ0n) is 13.0. The fraction of sp³-hybridized carbons (Fsp3) is 1.00. The van der Waals surface area contributed by atoms with Crippen molar-refractivity contribution in [1.82, 2.24) is 5.32 Å². The Labute approximate surface area is 123 Å². The maximum Gasteiger partial charge on any atom is 0.0897 e. The predicted molar refractivity (Wildman–Crippen MR) is 81.0 cm³/mol. The average Bonchev–Trinajstić information content (AvgIpc) is 2.45. The molecule has 0 radical (unpaired) electrons. The van der Waals surface area contributed by atoms with E-state index in [9.17, 15) is 5.11 Å². The van der Waals surface area contributed by atoms with Crippen molar-refractivity contribution in [2.75, 3.05) is 46.1 Å². The van der Waals surface area contributed by atoms with Crippen LogP contribution in [0.5, 0.6) is 0 Å². The summed E-state index contributed by atoms with van der Waals surface area (Å²) in [7, 11) is 0. The molecule has 3 N–H and O–H groups in total. The van der Waals surface area contributed by atoms with Crippen LogP contribution in [-0.2, 0) is 9.47 Å². The zero-order chi connectivity index (χ0) is 14.9. The summed E-state index contributed by atoms with van der Waals surface area (Å²) in [5, 5.41) is 21.5. The minimum Gasteiger partial charge on any atom is -0.396 e. The minimum atomic E-state index is -0.455. The highest BCUT2D eigenvalue weighted by molar-refractivity contribution is 4.58. The highest BCUT2D eigenvalue weighted by atomic mass is 16.5. The van der Waals surface area contributed by atoms with Crippen LogP contribution < -0.4 is 5.32 Å². The highest BCUT2D eigenvalue weighted by Gasteiger charge is 2.03. The molecule has 0 aromatic heterocycles. The molecule has 122 valence electrons. The molecule has 0 saturated carbocycles. The quantitative estimate of drug-likeness (QED) is 0.374. The highest BCUT2D eigenvalue weighted by Crippen LogP contribution is 1.97. The first-order valence-corrected chi connectivity index (χ1v) is 7.96. The van der Waals surface area contributed by atoms with Crippen molar-refractivity contribution in [3.63, 3.8) is 0 Å². The summed E-state index contributed by atoms with van der Waals surface area (Å²) < 4.78 is 10.7. The van der Waals surface area contributed by atoms with Crippen molar-refractivity contribution in [2.45, 2.75) is 51.6 Å². The first-order chi connectivity index (χ1) is 9.81. The summed E-state index contributed by atoms with van der Waals surface area (Å²) in [5.41, 5.74) is 0. The first kappa shape index (κ1) is 19.8. The normalized spacial score (nSPS) is 12.8. The van der Waals surface area contributed by atoms with E-state index in [1.807, 2.05) is 0 Å². The molecule has 5 nitrogen and oxygen atoms in total. The third-order valence-corrected chi connectivity index (χ3v) is 2.97. The molecule has 5 heteroatoms. The molecule has 0 rings (SSSR count). The van der Waals surface area contributed by atoms with Gasteiger partial charge in [0, 0.05) is 19.8 Å². The maximum atomic E-state index is 9.67. The molecular formula is C15H33NO4. The Bertz CT molecular complexity index is 163. The molecule has 0 aliphatic rings. The summed E-state index contributed by atoms with van der Waals surface area (Å²) in [6.07, 6.45) is 5.94. The van der Waals surface area contributed by atoms with Crippen molar-refractivity contribution in [1.29, 1.82) is 0 Å². The van der Waals surface area contributed by atoms with Crippen molar-refractivity contribution in [2.24, 2.45) is 0 Å². The van der Waals surface area contributed by atoms with Gasteiger partial charge in [-0.1, -0.05) is 26.2 Å². The summed E-state index contributed by atoms with van der Waals surface area (Å²) in [6.45, 7) is 6.18. The average molecular weight is 291 g/mol. The van der Waals surface area contributed by atoms with Crippen molar-refractivity contribution < 1.29 is 19.7 Å². The molecule has 0 saturated heterocycles. The number of aliphatic hydroxyl groups excluding tert-OH is 2. The first-order valence-electron chi connectivity index (χ1n) is 7.96. The zero-order valence-corrected chi connectivity index (χ0v) is 13.0. The number of aliphatic hydroxyl groups is 2. The monoisotopic (exact) mass is 291 g/mol. The summed E-state index contributed by atoms with van der Waals surface area (Å²) in [4.78, 5) is 0. The molecule has 1 unspecified atom stereocenters. The van der Waals surface area contributed by atoms with Crippen LogP contribution >= 0.6 is 0 Å². The number of nitrogens with one attached hydrogen (secondary N) is 1. The Hall–Kier alpha value is -0.200. The van der Waals surface area contributed by atoms with Gasteiger partial charge in [-0.25, -0.2) is 0 Å². The van der Waals surface area contributed by atoms with Crippen LogP contribution in [0, 0.1) is 0 Å². The standard InChI is InChI=1S/C15H33NO4/c1-2-3-10-19-11-12-20-14-15(18)13-16-8-6-4-5-7-9-17/h15-18H,2-14H2,1H3. The number of hydrogen-bond acceptors (Lipinski definition) is 5. The van der Waals surface area contributed by atoms with E-state index in [1.54, 1.807) is 0 Å². The van der Waals surface area contributed by atoms with Crippen LogP contribution in [0.25, 0.3) is 0 Å². The Morgan fingerprint density at radius 3 is 2.45 bits per heavy atom. The van der Waals surface area contributed by atoms with Gasteiger partial charge in [-0.05, 0) is 25.8 Å². The van der Waals surface area contributed by atoms with Crippen LogP contribution in [0.15, 0.2) is 0 Å². The van der Waals surface area contributed by atoms with Crippen LogP contribution in [0.3, 0.4) is 0 Å². The van der Waals surface area contributed by atoms with Crippen LogP contribution in [-0.4, -0.2) is 62.4 Å². The fourth-order valence-electron chi connectivity index (χ4n) is 1.73. The third-order valence-electron chi connectivity index (χ3n) is 2.97. The number of hydrogen-bond donors (Lipinski definition) is 3. The second kappa shape index (κ2) is 16.9. The number of ether oxygens (including phenoxy) is 2. The Morgan fingerprint density at radius 2 is 1.70 bits per heavy atom. The molecule has 0 heterocycles. The Balaban J connectivity index is 3.11. The predicted octanol–water partition coefficient (Wildman–Crippen LogP) is 1.32. The Kier molecular flexibility index (Phi) is 16.7. The van der Waals surface area contributed by atoms with E-state index in [2.05, 4.69) is 12.2 Å². The smallest absolute Gasteiger partial charge is 0.0897 e. The topological polar surface area (TPSA) is 71.0 Å². The van der Waals surface area contributed by atoms with E-state index in [-0.39, 0.29) is 6.61 Å². The van der Waals surface area contributed by atoms with E-state index in [0.717, 1.165) is 51.7 Å². The lowest BCUT2D eigenvalue weighted by Crippen LogP contribution is -2.31. The van der Waals surface area contributed by atoms with E-state index < -0.39 is 6.10 Å². The van der Waals surface area contributed by atoms with Gasteiger partial charge in [-0.15, -0.1) is 0 Å². The molecular weight excluding hydrogens is 258 g/mol. The second-order valence-electron chi connectivity index (χ2n) is 5.04. The molecule has 1 atom stereocenters. The van der Waals surface area contributed by atoms with Gasteiger partial charge in [0.2, 0.25) is 0 Å². The van der Waals surface area contributed by atoms with E-state index >= 15 is 0 Å². The second-order valence-corrected chi connectivity index (χ2v) is 5.04. The van der Waals surface area contributed by atoms with Gasteiger partial charge in [0.15, 0.2) is 0 Å². The Morgan fingerprint density at radius 1 is 0.950 bits per heavy atom. The van der Waals surface area contributed by atoms with Gasteiger partial charge in [0.05, 0.1) is 25.9 Å². The largest absolute Gasteiger partial charge is 0.396 e. The maximum absolute atomic E-state index is 9.67. The van der Waals surface area contributed by atoms with Gasteiger partial charge >= 0.3 is 0 Å². The number of unbranched alkanes of at least 4 members (excludes halogenated alkanes) is 4. The summed E-state index contributed by atoms with van der Waals surface area (Å²) in [5.74, 6) is 0. The minimum absolute atomic E-state index is 0.283. The molecule has 0 aliphatic carbocycles. The molecule has 0 bridgehead atoms. The van der Waals surface area contributed by atoms with Crippen LogP contribution in [0.4, 0.5) is 0 Å². The fourth-order valence-corrected chi connectivity index (χ4v) is 1.73. The van der Waals surface area contributed by atoms with Crippen LogP contribution in [0.2, 0.25) is 0 Å². The summed E-state index contributed by atoms with van der Waals surface area (Å²) in [6, 6.07) is 0. The van der Waals surface area contributed by atoms with Gasteiger partial charge < -0.3 is 25.0 Å².